The zero-order valence-corrected chi connectivity index (χ0v) is 10.5. The van der Waals surface area contributed by atoms with E-state index in [1.165, 1.54) is 0 Å². The number of anilines is 1. The van der Waals surface area contributed by atoms with Crippen LogP contribution in [0, 0.1) is 5.92 Å². The average Bonchev–Trinajstić information content (AvgIpc) is 2.33. The van der Waals surface area contributed by atoms with Crippen LogP contribution in [0.2, 0.25) is 0 Å². The van der Waals surface area contributed by atoms with E-state index in [2.05, 4.69) is 16.8 Å². The van der Waals surface area contributed by atoms with E-state index in [4.69, 9.17) is 5.73 Å². The minimum absolute atomic E-state index is 0.00216. The Kier molecular flexibility index (Phi) is 3.47. The number of aryl methyl sites for hydroxylation is 1. The number of nitrogens with zero attached hydrogens (tertiary/aromatic N) is 3. The number of aromatic nitrogens is 2. The van der Waals surface area contributed by atoms with E-state index < -0.39 is 0 Å². The third-order valence-corrected chi connectivity index (χ3v) is 3.51. The minimum Gasteiger partial charge on any atom is -0.352 e. The van der Waals surface area contributed by atoms with Gasteiger partial charge in [-0.15, -0.1) is 0 Å². The highest BCUT2D eigenvalue weighted by molar-refractivity contribution is 5.36. The zero-order valence-electron chi connectivity index (χ0n) is 10.5. The lowest BCUT2D eigenvalue weighted by atomic mass is 9.95. The first-order chi connectivity index (χ1) is 8.13. The Labute approximate surface area is 101 Å². The van der Waals surface area contributed by atoms with Crippen LogP contribution in [0.15, 0.2) is 17.2 Å². The fourth-order valence-electron chi connectivity index (χ4n) is 2.26. The maximum atomic E-state index is 12.1. The summed E-state index contributed by atoms with van der Waals surface area (Å²) < 4.78 is 1.68. The van der Waals surface area contributed by atoms with Crippen LogP contribution in [0.1, 0.15) is 20.3 Å². The Balaban J connectivity index is 2.26. The molecule has 5 heteroatoms. The van der Waals surface area contributed by atoms with Gasteiger partial charge in [0.15, 0.2) is 5.82 Å². The molecule has 1 saturated heterocycles. The fraction of sp³-hybridized carbons (Fsp3) is 0.667. The summed E-state index contributed by atoms with van der Waals surface area (Å²) in [4.78, 5) is 18.4. The lowest BCUT2D eigenvalue weighted by molar-refractivity contribution is 0.380. The number of hydrogen-bond acceptors (Lipinski definition) is 4. The molecule has 2 heterocycles. The molecule has 0 saturated carbocycles. The van der Waals surface area contributed by atoms with Gasteiger partial charge in [-0.1, -0.05) is 6.92 Å². The summed E-state index contributed by atoms with van der Waals surface area (Å²) in [5, 5.41) is 0. The molecule has 2 unspecified atom stereocenters. The molecule has 1 aliphatic rings. The van der Waals surface area contributed by atoms with Gasteiger partial charge < -0.3 is 15.2 Å². The molecular formula is C12H20N4O. The van der Waals surface area contributed by atoms with Crippen LogP contribution in [-0.2, 0) is 6.54 Å². The molecule has 0 aromatic carbocycles. The molecular weight excluding hydrogens is 216 g/mol. The van der Waals surface area contributed by atoms with Gasteiger partial charge in [-0.05, 0) is 19.3 Å². The number of hydrogen-bond donors (Lipinski definition) is 1. The van der Waals surface area contributed by atoms with Crippen LogP contribution in [-0.4, -0.2) is 28.7 Å². The van der Waals surface area contributed by atoms with Crippen LogP contribution in [0.5, 0.6) is 0 Å². The van der Waals surface area contributed by atoms with Crippen molar-refractivity contribution in [3.63, 3.8) is 0 Å². The molecule has 0 spiro atoms. The summed E-state index contributed by atoms with van der Waals surface area (Å²) in [7, 11) is 0. The Hall–Kier alpha value is -1.36. The van der Waals surface area contributed by atoms with Crippen molar-refractivity contribution >= 4 is 5.82 Å². The summed E-state index contributed by atoms with van der Waals surface area (Å²) in [6.07, 6.45) is 4.34. The average molecular weight is 236 g/mol. The van der Waals surface area contributed by atoms with Crippen LogP contribution < -0.4 is 16.2 Å². The normalized spacial score (nSPS) is 25.0. The van der Waals surface area contributed by atoms with Gasteiger partial charge in [0.1, 0.15) is 0 Å². The first-order valence-corrected chi connectivity index (χ1v) is 6.19. The van der Waals surface area contributed by atoms with Crippen LogP contribution in [0.4, 0.5) is 5.82 Å². The predicted octanol–water partition coefficient (Wildman–Crippen LogP) is 0.437. The highest BCUT2D eigenvalue weighted by atomic mass is 16.1. The van der Waals surface area contributed by atoms with Gasteiger partial charge in [-0.25, -0.2) is 4.98 Å². The molecule has 2 rings (SSSR count). The van der Waals surface area contributed by atoms with E-state index >= 15 is 0 Å². The van der Waals surface area contributed by atoms with Gasteiger partial charge in [-0.3, -0.25) is 4.79 Å². The summed E-state index contributed by atoms with van der Waals surface area (Å²) in [6, 6.07) is 0.239. The Morgan fingerprint density at radius 1 is 1.59 bits per heavy atom. The van der Waals surface area contributed by atoms with Crippen molar-refractivity contribution in [2.45, 2.75) is 32.9 Å². The molecule has 0 amide bonds. The molecule has 17 heavy (non-hydrogen) atoms. The molecule has 0 radical (unpaired) electrons. The third kappa shape index (κ3) is 2.34. The number of piperidine rings is 1. The summed E-state index contributed by atoms with van der Waals surface area (Å²) in [5.41, 5.74) is 5.98. The molecule has 1 aromatic rings. The van der Waals surface area contributed by atoms with Crippen LogP contribution in [0.25, 0.3) is 0 Å². The second-order valence-corrected chi connectivity index (χ2v) is 4.72. The lowest BCUT2D eigenvalue weighted by Gasteiger charge is -2.35. The van der Waals surface area contributed by atoms with Gasteiger partial charge in [0, 0.05) is 38.1 Å². The third-order valence-electron chi connectivity index (χ3n) is 3.51. The Bertz CT molecular complexity index is 442. The van der Waals surface area contributed by atoms with E-state index in [1.54, 1.807) is 17.0 Å². The number of rotatable bonds is 2. The van der Waals surface area contributed by atoms with Gasteiger partial charge in [-0.2, -0.15) is 0 Å². The summed E-state index contributed by atoms with van der Waals surface area (Å²) in [6.45, 7) is 6.40. The molecule has 1 fully saturated rings. The van der Waals surface area contributed by atoms with E-state index in [0.29, 0.717) is 18.3 Å². The van der Waals surface area contributed by atoms with E-state index in [1.807, 2.05) is 6.92 Å². The van der Waals surface area contributed by atoms with Crippen LogP contribution >= 0.6 is 0 Å². The monoisotopic (exact) mass is 236 g/mol. The van der Waals surface area contributed by atoms with Crippen molar-refractivity contribution in [1.82, 2.24) is 9.55 Å². The second-order valence-electron chi connectivity index (χ2n) is 4.72. The molecule has 94 valence electrons. The smallest absolute Gasteiger partial charge is 0.293 e. The molecule has 0 aliphatic carbocycles. The van der Waals surface area contributed by atoms with E-state index in [9.17, 15) is 4.79 Å². The molecule has 1 aliphatic heterocycles. The molecule has 2 N–H and O–H groups in total. The minimum atomic E-state index is -0.00216. The highest BCUT2D eigenvalue weighted by Gasteiger charge is 2.25. The zero-order chi connectivity index (χ0) is 12.4. The SMILES string of the molecule is CCn1ccnc(N2CCC(N)C(C)C2)c1=O. The Morgan fingerprint density at radius 2 is 2.35 bits per heavy atom. The molecule has 5 nitrogen and oxygen atoms in total. The quantitative estimate of drug-likeness (QED) is 0.809. The second kappa shape index (κ2) is 4.87. The van der Waals surface area contributed by atoms with Gasteiger partial charge in [0.2, 0.25) is 0 Å². The van der Waals surface area contributed by atoms with Crippen LogP contribution in [0.3, 0.4) is 0 Å². The Morgan fingerprint density at radius 3 is 3.00 bits per heavy atom. The first kappa shape index (κ1) is 12.1. The summed E-state index contributed by atoms with van der Waals surface area (Å²) in [5.74, 6) is 0.966. The molecule has 2 atom stereocenters. The maximum absolute atomic E-state index is 12.1. The molecule has 1 aromatic heterocycles. The molecule has 0 bridgehead atoms. The number of nitrogens with two attached hydrogens (primary N) is 1. The predicted molar refractivity (Wildman–Crippen MR) is 68.1 cm³/mol. The maximum Gasteiger partial charge on any atom is 0.293 e. The van der Waals surface area contributed by atoms with Crippen molar-refractivity contribution in [3.8, 4) is 0 Å². The highest BCUT2D eigenvalue weighted by Crippen LogP contribution is 2.17. The standard InChI is InChI=1S/C12H20N4O/c1-3-15-7-5-14-11(12(15)17)16-6-4-10(13)9(2)8-16/h5,7,9-10H,3-4,6,8,13H2,1-2H3. The van der Waals surface area contributed by atoms with Crippen molar-refractivity contribution in [3.05, 3.63) is 22.7 Å². The van der Waals surface area contributed by atoms with Crippen molar-refractivity contribution < 1.29 is 0 Å². The first-order valence-electron chi connectivity index (χ1n) is 6.19. The van der Waals surface area contributed by atoms with Gasteiger partial charge in [0.05, 0.1) is 0 Å². The van der Waals surface area contributed by atoms with Crippen molar-refractivity contribution in [2.75, 3.05) is 18.0 Å². The summed E-state index contributed by atoms with van der Waals surface area (Å²) >= 11 is 0. The van der Waals surface area contributed by atoms with Crippen molar-refractivity contribution in [1.29, 1.82) is 0 Å². The fourth-order valence-corrected chi connectivity index (χ4v) is 2.26. The van der Waals surface area contributed by atoms with Gasteiger partial charge in [0.25, 0.3) is 5.56 Å². The topological polar surface area (TPSA) is 64.2 Å². The van der Waals surface area contributed by atoms with E-state index in [-0.39, 0.29) is 11.6 Å². The van der Waals surface area contributed by atoms with E-state index in [0.717, 1.165) is 19.5 Å². The van der Waals surface area contributed by atoms with Crippen molar-refractivity contribution in [2.24, 2.45) is 11.7 Å². The lowest BCUT2D eigenvalue weighted by Crippen LogP contribution is -2.48. The largest absolute Gasteiger partial charge is 0.352 e. The van der Waals surface area contributed by atoms with Gasteiger partial charge >= 0.3 is 0 Å².